The van der Waals surface area contributed by atoms with E-state index in [0.29, 0.717) is 5.69 Å². The van der Waals surface area contributed by atoms with Crippen LogP contribution in [0.15, 0.2) is 18.2 Å². The van der Waals surface area contributed by atoms with Crippen LogP contribution in [0.2, 0.25) is 0 Å². The van der Waals surface area contributed by atoms with Gasteiger partial charge in [-0.3, -0.25) is 14.9 Å². The molecule has 0 aliphatic rings. The molecule has 0 atom stereocenters. The summed E-state index contributed by atoms with van der Waals surface area (Å²) in [6.07, 6.45) is 0. The van der Waals surface area contributed by atoms with E-state index in [1.165, 1.54) is 0 Å². The van der Waals surface area contributed by atoms with Gasteiger partial charge in [0.1, 0.15) is 4.88 Å². The summed E-state index contributed by atoms with van der Waals surface area (Å²) in [5.41, 5.74) is -0.340. The number of nitro benzene ring substituents is 1. The molecule has 1 amide bonds. The Kier molecular flexibility index (Phi) is 3.89. The van der Waals surface area contributed by atoms with E-state index in [-0.39, 0.29) is 21.8 Å². The number of anilines is 1. The van der Waals surface area contributed by atoms with Gasteiger partial charge in [-0.25, -0.2) is 4.79 Å². The van der Waals surface area contributed by atoms with Crippen LogP contribution in [-0.4, -0.2) is 31.5 Å². The first kappa shape index (κ1) is 14.5. The first-order valence-electron chi connectivity index (χ1n) is 5.52. The van der Waals surface area contributed by atoms with E-state index in [1.54, 1.807) is 6.92 Å². The van der Waals surface area contributed by atoms with E-state index < -0.39 is 16.8 Å². The van der Waals surface area contributed by atoms with Gasteiger partial charge in [0.25, 0.3) is 11.6 Å². The maximum atomic E-state index is 12.0. The summed E-state index contributed by atoms with van der Waals surface area (Å²) in [6.45, 7) is 1.57. The molecule has 108 valence electrons. The van der Waals surface area contributed by atoms with Crippen LogP contribution in [0.5, 0.6) is 0 Å². The zero-order valence-corrected chi connectivity index (χ0v) is 11.4. The number of aromatic carboxylic acids is 1. The predicted molar refractivity (Wildman–Crippen MR) is 72.7 cm³/mol. The van der Waals surface area contributed by atoms with Crippen LogP contribution >= 0.6 is 11.5 Å². The lowest BCUT2D eigenvalue weighted by atomic mass is 10.1. The molecular formula is C11H8N4O5S. The number of nitrogens with one attached hydrogen (secondary N) is 1. The molecule has 10 heteroatoms. The largest absolute Gasteiger partial charge is 0.478 e. The van der Waals surface area contributed by atoms with Gasteiger partial charge < -0.3 is 10.4 Å². The molecule has 0 spiro atoms. The molecule has 0 unspecified atom stereocenters. The van der Waals surface area contributed by atoms with Gasteiger partial charge in [0.2, 0.25) is 0 Å². The Morgan fingerprint density at radius 1 is 1.43 bits per heavy atom. The molecule has 21 heavy (non-hydrogen) atoms. The van der Waals surface area contributed by atoms with E-state index >= 15 is 0 Å². The normalized spacial score (nSPS) is 10.1. The molecule has 2 aromatic rings. The van der Waals surface area contributed by atoms with Crippen molar-refractivity contribution in [3.8, 4) is 0 Å². The third kappa shape index (κ3) is 3.00. The van der Waals surface area contributed by atoms with Crippen LogP contribution in [0.1, 0.15) is 25.7 Å². The van der Waals surface area contributed by atoms with E-state index in [9.17, 15) is 19.7 Å². The number of aryl methyl sites for hydroxylation is 1. The second kappa shape index (κ2) is 5.63. The average Bonchev–Trinajstić information content (AvgIpc) is 2.84. The minimum atomic E-state index is -1.31. The molecule has 0 saturated carbocycles. The molecule has 9 nitrogen and oxygen atoms in total. The Hall–Kier alpha value is -2.88. The van der Waals surface area contributed by atoms with Crippen molar-refractivity contribution in [1.82, 2.24) is 9.59 Å². The van der Waals surface area contributed by atoms with Crippen LogP contribution in [0.25, 0.3) is 0 Å². The number of amides is 1. The molecule has 0 aliphatic heterocycles. The minimum Gasteiger partial charge on any atom is -0.478 e. The Labute approximate surface area is 121 Å². The molecule has 0 bridgehead atoms. The fraction of sp³-hybridized carbons (Fsp3) is 0.0909. The molecule has 0 aliphatic carbocycles. The Bertz CT molecular complexity index is 742. The van der Waals surface area contributed by atoms with Crippen LogP contribution in [0.4, 0.5) is 11.4 Å². The number of aromatic nitrogens is 2. The highest BCUT2D eigenvalue weighted by molar-refractivity contribution is 7.08. The zero-order chi connectivity index (χ0) is 15.6. The van der Waals surface area contributed by atoms with Gasteiger partial charge in [0.15, 0.2) is 0 Å². The summed E-state index contributed by atoms with van der Waals surface area (Å²) >= 11 is 0.847. The number of carbonyl (C=O) groups is 2. The van der Waals surface area contributed by atoms with Gasteiger partial charge in [0.05, 0.1) is 21.9 Å². The number of non-ortho nitro benzene ring substituents is 1. The van der Waals surface area contributed by atoms with Crippen molar-refractivity contribution in [3.63, 3.8) is 0 Å². The standard InChI is InChI=1S/C11H8N4O5S/c1-5-9(21-14-13-5)10(16)12-8-4-6(15(19)20)2-3-7(8)11(17)18/h2-4H,1H3,(H,12,16)(H,17,18). The summed E-state index contributed by atoms with van der Waals surface area (Å²) in [5, 5.41) is 25.8. The molecule has 1 aromatic carbocycles. The average molecular weight is 308 g/mol. The van der Waals surface area contributed by atoms with Gasteiger partial charge in [0, 0.05) is 12.1 Å². The van der Waals surface area contributed by atoms with Crippen molar-refractivity contribution in [1.29, 1.82) is 0 Å². The Morgan fingerprint density at radius 2 is 2.14 bits per heavy atom. The van der Waals surface area contributed by atoms with Gasteiger partial charge in [-0.2, -0.15) is 0 Å². The van der Waals surface area contributed by atoms with E-state index in [0.717, 1.165) is 29.7 Å². The molecule has 1 heterocycles. The number of hydrogen-bond acceptors (Lipinski definition) is 7. The molecule has 0 radical (unpaired) electrons. The predicted octanol–water partition coefficient (Wildman–Crippen LogP) is 1.71. The van der Waals surface area contributed by atoms with Crippen LogP contribution < -0.4 is 5.32 Å². The smallest absolute Gasteiger partial charge is 0.337 e. The van der Waals surface area contributed by atoms with Crippen molar-refractivity contribution in [2.45, 2.75) is 6.92 Å². The molecule has 0 fully saturated rings. The summed E-state index contributed by atoms with van der Waals surface area (Å²) in [5.74, 6) is -1.93. The fourth-order valence-electron chi connectivity index (χ4n) is 1.55. The molecule has 1 aromatic heterocycles. The number of nitro groups is 1. The second-order valence-corrected chi connectivity index (χ2v) is 4.69. The second-order valence-electron chi connectivity index (χ2n) is 3.93. The number of carboxylic acids is 1. The minimum absolute atomic E-state index is 0.158. The number of carboxylic acid groups (broad SMARTS) is 1. The van der Waals surface area contributed by atoms with E-state index in [1.807, 2.05) is 0 Å². The SMILES string of the molecule is Cc1nnsc1C(=O)Nc1cc([N+](=O)[O-])ccc1C(=O)O. The number of nitrogens with zero attached hydrogens (tertiary/aromatic N) is 3. The third-order valence-corrected chi connectivity index (χ3v) is 3.38. The lowest BCUT2D eigenvalue weighted by molar-refractivity contribution is -0.384. The Morgan fingerprint density at radius 3 is 2.67 bits per heavy atom. The van der Waals surface area contributed by atoms with Gasteiger partial charge in [-0.15, -0.1) is 5.10 Å². The third-order valence-electron chi connectivity index (χ3n) is 2.55. The van der Waals surface area contributed by atoms with Gasteiger partial charge in [-0.05, 0) is 24.5 Å². The van der Waals surface area contributed by atoms with E-state index in [2.05, 4.69) is 14.9 Å². The van der Waals surface area contributed by atoms with Crippen molar-refractivity contribution >= 4 is 34.8 Å². The van der Waals surface area contributed by atoms with Crippen molar-refractivity contribution in [2.75, 3.05) is 5.32 Å². The quantitative estimate of drug-likeness (QED) is 0.648. The van der Waals surface area contributed by atoms with E-state index in [4.69, 9.17) is 5.11 Å². The summed E-state index contributed by atoms with van der Waals surface area (Å²) < 4.78 is 3.59. The first-order chi connectivity index (χ1) is 9.90. The van der Waals surface area contributed by atoms with Gasteiger partial charge in [-0.1, -0.05) is 4.49 Å². The molecule has 0 saturated heterocycles. The zero-order valence-electron chi connectivity index (χ0n) is 10.6. The highest BCUT2D eigenvalue weighted by atomic mass is 32.1. The number of rotatable bonds is 4. The monoisotopic (exact) mass is 308 g/mol. The highest BCUT2D eigenvalue weighted by Crippen LogP contribution is 2.24. The highest BCUT2D eigenvalue weighted by Gasteiger charge is 2.20. The van der Waals surface area contributed by atoms with Crippen molar-refractivity contribution in [3.05, 3.63) is 44.4 Å². The number of carbonyl (C=O) groups excluding carboxylic acids is 1. The number of benzene rings is 1. The van der Waals surface area contributed by atoms with Crippen molar-refractivity contribution < 1.29 is 19.6 Å². The van der Waals surface area contributed by atoms with Crippen LogP contribution in [-0.2, 0) is 0 Å². The summed E-state index contributed by atoms with van der Waals surface area (Å²) in [7, 11) is 0. The number of hydrogen-bond donors (Lipinski definition) is 2. The van der Waals surface area contributed by atoms with Crippen molar-refractivity contribution in [2.24, 2.45) is 0 Å². The van der Waals surface area contributed by atoms with Crippen LogP contribution in [0.3, 0.4) is 0 Å². The summed E-state index contributed by atoms with van der Waals surface area (Å²) in [4.78, 5) is 33.4. The summed E-state index contributed by atoms with van der Waals surface area (Å²) in [6, 6.07) is 3.11. The lowest BCUT2D eigenvalue weighted by Crippen LogP contribution is -2.15. The van der Waals surface area contributed by atoms with Crippen LogP contribution in [0, 0.1) is 17.0 Å². The molecular weight excluding hydrogens is 300 g/mol. The van der Waals surface area contributed by atoms with Gasteiger partial charge >= 0.3 is 5.97 Å². The maximum Gasteiger partial charge on any atom is 0.337 e. The first-order valence-corrected chi connectivity index (χ1v) is 6.29. The lowest BCUT2D eigenvalue weighted by Gasteiger charge is -2.07. The maximum absolute atomic E-state index is 12.0. The topological polar surface area (TPSA) is 135 Å². The Balaban J connectivity index is 2.39. The molecule has 2 rings (SSSR count). The molecule has 2 N–H and O–H groups in total. The fourth-order valence-corrected chi connectivity index (χ4v) is 2.11.